The molecule has 9 rings (SSSR count). The van der Waals surface area contributed by atoms with Gasteiger partial charge in [0, 0.05) is 17.5 Å². The average Bonchev–Trinajstić information content (AvgIpc) is 3.95. The lowest BCUT2D eigenvalue weighted by Crippen LogP contribution is -2.45. The third-order valence-corrected chi connectivity index (χ3v) is 15.5. The Kier molecular flexibility index (Phi) is 12.6. The summed E-state index contributed by atoms with van der Waals surface area (Å²) in [4.78, 5) is 63.1. The Morgan fingerprint density at radius 3 is 2.37 bits per heavy atom. The number of Topliss-reactive ketones (excluding diaryl/α,β-unsaturated/α-hetero) is 1. The molecule has 5 aromatic rings. The number of aryl methyl sites for hydroxylation is 1. The minimum absolute atomic E-state index is 0.0119. The molecule has 24 heteroatoms. The summed E-state index contributed by atoms with van der Waals surface area (Å²) in [7, 11) is -5.31. The first-order valence-electron chi connectivity index (χ1n) is 19.9. The molecule has 0 spiro atoms. The molecule has 1 amide bonds. The van der Waals surface area contributed by atoms with Gasteiger partial charge in [0.05, 0.1) is 31.5 Å². The van der Waals surface area contributed by atoms with E-state index in [0.717, 1.165) is 23.0 Å². The Morgan fingerprint density at radius 2 is 1.62 bits per heavy atom. The lowest BCUT2D eigenvalue weighted by Gasteiger charge is -2.30. The zero-order chi connectivity index (χ0) is 45.6. The van der Waals surface area contributed by atoms with E-state index in [0.29, 0.717) is 28.1 Å². The maximum Gasteiger partial charge on any atom is 0.472 e. The highest BCUT2D eigenvalue weighted by Gasteiger charge is 2.56. The Morgan fingerprint density at radius 1 is 0.892 bits per heavy atom. The van der Waals surface area contributed by atoms with Crippen molar-refractivity contribution in [2.24, 2.45) is 0 Å². The molecule has 65 heavy (non-hydrogen) atoms. The molecule has 3 saturated heterocycles. The van der Waals surface area contributed by atoms with E-state index in [1.165, 1.54) is 23.0 Å². The van der Waals surface area contributed by atoms with E-state index in [-0.39, 0.29) is 34.1 Å². The number of amides is 1. The van der Waals surface area contributed by atoms with Gasteiger partial charge in [-0.1, -0.05) is 60.2 Å². The molecule has 0 radical (unpaired) electrons. The number of nitrogen functional groups attached to an aromatic ring is 1. The first kappa shape index (κ1) is 44.9. The van der Waals surface area contributed by atoms with Crippen molar-refractivity contribution >= 4 is 66.2 Å². The van der Waals surface area contributed by atoms with Crippen LogP contribution in [-0.4, -0.2) is 103 Å². The molecule has 19 nitrogen and oxygen atoms in total. The van der Waals surface area contributed by atoms with Gasteiger partial charge >= 0.3 is 20.6 Å². The van der Waals surface area contributed by atoms with E-state index >= 15 is 13.3 Å². The number of carbonyl (C=O) groups is 3. The molecule has 3 N–H and O–H groups in total. The average molecular weight is 955 g/mol. The number of alkyl halides is 2. The zero-order valence-electron chi connectivity index (χ0n) is 33.9. The molecule has 10 atom stereocenters. The zero-order valence-corrected chi connectivity index (χ0v) is 36.5. The van der Waals surface area contributed by atoms with Crippen molar-refractivity contribution in [3.63, 3.8) is 0 Å². The molecule has 4 aliphatic heterocycles. The van der Waals surface area contributed by atoms with E-state index in [4.69, 9.17) is 38.0 Å². The van der Waals surface area contributed by atoms with Crippen LogP contribution < -0.4 is 10.5 Å². The first-order chi connectivity index (χ1) is 31.1. The van der Waals surface area contributed by atoms with Gasteiger partial charge in [0.25, 0.3) is 0 Å². The van der Waals surface area contributed by atoms with Gasteiger partial charge in [-0.25, -0.2) is 37.7 Å². The highest BCUT2D eigenvalue weighted by molar-refractivity contribution is 8.54. The number of phosphoric acid groups is 1. The van der Waals surface area contributed by atoms with Crippen LogP contribution in [0.1, 0.15) is 39.7 Å². The van der Waals surface area contributed by atoms with Gasteiger partial charge in [0.1, 0.15) is 42.0 Å². The van der Waals surface area contributed by atoms with Crippen LogP contribution in [0.4, 0.5) is 14.6 Å². The number of ether oxygens (including phenoxy) is 3. The molecule has 2 unspecified atom stereocenters. The Bertz CT molecular complexity index is 2760. The van der Waals surface area contributed by atoms with Gasteiger partial charge in [-0.15, -0.1) is 0 Å². The number of esters is 1. The predicted molar refractivity (Wildman–Crippen MR) is 226 cm³/mol. The number of anilines is 1. The monoisotopic (exact) mass is 954 g/mol. The molecule has 6 heterocycles. The van der Waals surface area contributed by atoms with Crippen LogP contribution in [0, 0.1) is 6.92 Å². The molecule has 340 valence electrons. The molecule has 2 aromatic heterocycles. The van der Waals surface area contributed by atoms with Gasteiger partial charge in [-0.3, -0.25) is 37.2 Å². The number of ketones is 1. The van der Waals surface area contributed by atoms with Crippen LogP contribution in [0.2, 0.25) is 0 Å². The van der Waals surface area contributed by atoms with Crippen LogP contribution in [0.5, 0.6) is 5.75 Å². The molecule has 2 bridgehead atoms. The fourth-order valence-electron chi connectivity index (χ4n) is 7.50. The SMILES string of the molecule is Cc1ccc(C(=O)Oc2ccc(CSP3(=O)OC[C@H]4O[C@@H](N5C=C(c6ccccc6)C(=O)CC5=O)[C@H](F)[C@@H]4OP(=O)(O)OC[C@H]4O[C@@H](n5cnc6c(N)ncnc65)[C@H](O3)[C@@H]4F)cc2)cc1. The summed E-state index contributed by atoms with van der Waals surface area (Å²) in [6, 6.07) is 21.3. The number of allylic oxidation sites excluding steroid dienone is 1. The molecule has 0 saturated carbocycles. The van der Waals surface area contributed by atoms with Crippen LogP contribution in [0.15, 0.2) is 97.7 Å². The fraction of sp³-hybridized carbons (Fsp3) is 0.317. The molecular weight excluding hydrogens is 916 g/mol. The number of nitrogens with two attached hydrogens (primary N) is 1. The lowest BCUT2D eigenvalue weighted by atomic mass is 9.97. The Labute approximate surface area is 372 Å². The summed E-state index contributed by atoms with van der Waals surface area (Å²) in [6.45, 7) is -4.63. The summed E-state index contributed by atoms with van der Waals surface area (Å²) in [6.07, 6.45) is -12.3. The van der Waals surface area contributed by atoms with Crippen molar-refractivity contribution in [3.05, 3.63) is 120 Å². The van der Waals surface area contributed by atoms with Crippen LogP contribution >= 0.6 is 26.0 Å². The Hall–Kier alpha value is -5.25. The number of rotatable bonds is 8. The van der Waals surface area contributed by atoms with E-state index in [9.17, 15) is 23.8 Å². The normalized spacial score (nSPS) is 30.8. The maximum absolute atomic E-state index is 16.7. The number of halogens is 2. The molecule has 3 fully saturated rings. The number of benzene rings is 3. The Balaban J connectivity index is 1.02. The maximum atomic E-state index is 16.7. The summed E-state index contributed by atoms with van der Waals surface area (Å²) >= 11 is 0.607. The van der Waals surface area contributed by atoms with E-state index in [2.05, 4.69) is 15.0 Å². The largest absolute Gasteiger partial charge is 0.472 e. The topological polar surface area (TPSA) is 243 Å². The third-order valence-electron chi connectivity index (χ3n) is 10.8. The van der Waals surface area contributed by atoms with Gasteiger partial charge in [0.2, 0.25) is 5.91 Å². The molecule has 3 aromatic carbocycles. The van der Waals surface area contributed by atoms with Gasteiger partial charge in [0.15, 0.2) is 42.0 Å². The summed E-state index contributed by atoms with van der Waals surface area (Å²) in [5, 5.41) is 0. The van der Waals surface area contributed by atoms with Gasteiger partial charge < -0.3 is 24.8 Å². The smallest absolute Gasteiger partial charge is 0.423 e. The number of fused-ring (bicyclic) bond motifs is 4. The van der Waals surface area contributed by atoms with Crippen molar-refractivity contribution in [3.8, 4) is 5.75 Å². The molecular formula is C41H38F2N6O13P2S. The summed E-state index contributed by atoms with van der Waals surface area (Å²) in [5.74, 6) is -1.87. The second-order valence-corrected chi connectivity index (χ2v) is 20.7. The highest BCUT2D eigenvalue weighted by atomic mass is 32.7. The van der Waals surface area contributed by atoms with Crippen molar-refractivity contribution in [2.75, 3.05) is 18.9 Å². The van der Waals surface area contributed by atoms with Crippen molar-refractivity contribution in [2.45, 2.75) is 68.3 Å². The van der Waals surface area contributed by atoms with E-state index in [1.807, 2.05) is 6.92 Å². The quantitative estimate of drug-likeness (QED) is 0.0780. The highest BCUT2D eigenvalue weighted by Crippen LogP contribution is 2.65. The number of hydrogen-bond donors (Lipinski definition) is 2. The fourth-order valence-corrected chi connectivity index (χ4v) is 11.8. The number of imidazole rings is 1. The van der Waals surface area contributed by atoms with E-state index < -0.39 is 101 Å². The van der Waals surface area contributed by atoms with E-state index in [1.54, 1.807) is 66.7 Å². The number of hydrogen-bond acceptors (Lipinski definition) is 17. The number of phosphoric ester groups is 1. The third kappa shape index (κ3) is 9.42. The summed E-state index contributed by atoms with van der Waals surface area (Å²) in [5.41, 5.74) is 8.54. The number of carbonyl (C=O) groups excluding carboxylic acids is 3. The van der Waals surface area contributed by atoms with Crippen LogP contribution in [-0.2, 0) is 52.0 Å². The second-order valence-electron chi connectivity index (χ2n) is 15.2. The molecule has 0 aliphatic carbocycles. The van der Waals surface area contributed by atoms with Crippen molar-refractivity contribution < 1.29 is 69.5 Å². The predicted octanol–water partition coefficient (Wildman–Crippen LogP) is 6.04. The van der Waals surface area contributed by atoms with Crippen LogP contribution in [0.3, 0.4) is 0 Å². The lowest BCUT2D eigenvalue weighted by molar-refractivity contribution is -0.146. The van der Waals surface area contributed by atoms with Crippen molar-refractivity contribution in [1.29, 1.82) is 0 Å². The van der Waals surface area contributed by atoms with Crippen molar-refractivity contribution in [1.82, 2.24) is 24.4 Å². The standard InChI is InChI=1S/C41H38F2N6O13P2S/c1-22-7-11-25(12-8-22)41(52)58-26-13-9-23(10-14-26)19-65-64(55)57-18-30-35(33(43)39(60-30)48-16-27(28(50)15-31(48)51)24-5-3-2-4-6-24)61-63(53,54)56-17-29-32(42)36(62-64)40(59-29)49-21-47-34-37(44)45-20-46-38(34)49/h2-14,16,20-21,29-30,32-33,35-36,39-40H,15,17-19H2,1H3,(H,53,54)(H2,44,45,46)/t29-,30-,32-,33-,35-,36-,39-,40-,64?/m1/s1. The minimum Gasteiger partial charge on any atom is -0.423 e. The minimum atomic E-state index is -5.31. The number of aromatic nitrogens is 4. The molecule has 4 aliphatic rings. The second kappa shape index (κ2) is 18.2. The van der Waals surface area contributed by atoms with Gasteiger partial charge in [-0.05, 0) is 53.7 Å². The van der Waals surface area contributed by atoms with Gasteiger partial charge in [-0.2, -0.15) is 0 Å². The van der Waals surface area contributed by atoms with Crippen LogP contribution in [0.25, 0.3) is 16.7 Å². The summed E-state index contributed by atoms with van der Waals surface area (Å²) < 4.78 is 103. The number of nitrogens with zero attached hydrogens (tertiary/aromatic N) is 5. The first-order valence-corrected chi connectivity index (χ1v) is 24.5.